The summed E-state index contributed by atoms with van der Waals surface area (Å²) in [6.07, 6.45) is 0. The molecule has 2 unspecified atom stereocenters. The molecular weight excluding hydrogens is 236 g/mol. The lowest BCUT2D eigenvalue weighted by Crippen LogP contribution is -2.08. The summed E-state index contributed by atoms with van der Waals surface area (Å²) in [5, 5.41) is 0. The Kier molecular flexibility index (Phi) is 4.18. The maximum absolute atomic E-state index is 3.66. The maximum atomic E-state index is 3.66. The molecule has 0 aliphatic carbocycles. The van der Waals surface area contributed by atoms with Crippen LogP contribution in [0.25, 0.3) is 0 Å². The Bertz CT molecular complexity index is 289. The lowest BCUT2D eigenvalue weighted by atomic mass is 9.88. The van der Waals surface area contributed by atoms with Gasteiger partial charge in [-0.3, -0.25) is 0 Å². The Morgan fingerprint density at radius 3 is 1.86 bits per heavy atom. The third kappa shape index (κ3) is 2.60. The minimum Gasteiger partial charge on any atom is -0.0887 e. The SMILES string of the molecule is CC(C)c1ccccc1C(C)C(C)Br. The van der Waals surface area contributed by atoms with Gasteiger partial charge >= 0.3 is 0 Å². The fourth-order valence-corrected chi connectivity index (χ4v) is 1.98. The number of halogens is 1. The zero-order valence-corrected chi connectivity index (χ0v) is 11.0. The Labute approximate surface area is 95.9 Å². The summed E-state index contributed by atoms with van der Waals surface area (Å²) in [7, 11) is 0. The zero-order chi connectivity index (χ0) is 10.7. The van der Waals surface area contributed by atoms with Crippen molar-refractivity contribution in [1.82, 2.24) is 0 Å². The van der Waals surface area contributed by atoms with E-state index in [-0.39, 0.29) is 0 Å². The highest BCUT2D eigenvalue weighted by Crippen LogP contribution is 2.30. The van der Waals surface area contributed by atoms with E-state index in [0.717, 1.165) is 0 Å². The van der Waals surface area contributed by atoms with Crippen molar-refractivity contribution in [1.29, 1.82) is 0 Å². The molecule has 0 nitrogen and oxygen atoms in total. The molecule has 0 saturated carbocycles. The number of hydrogen-bond donors (Lipinski definition) is 0. The molecular formula is C13H19Br. The third-order valence-corrected chi connectivity index (χ3v) is 3.59. The largest absolute Gasteiger partial charge is 0.0887 e. The molecule has 0 aromatic heterocycles. The van der Waals surface area contributed by atoms with E-state index in [9.17, 15) is 0 Å². The van der Waals surface area contributed by atoms with Crippen LogP contribution in [0.4, 0.5) is 0 Å². The standard InChI is InChI=1S/C13H19Br/c1-9(2)12-7-5-6-8-13(12)10(3)11(4)14/h5-11H,1-4H3. The Hall–Kier alpha value is -0.300. The van der Waals surface area contributed by atoms with Crippen molar-refractivity contribution in [2.24, 2.45) is 0 Å². The molecule has 14 heavy (non-hydrogen) atoms. The number of alkyl halides is 1. The van der Waals surface area contributed by atoms with Gasteiger partial charge < -0.3 is 0 Å². The van der Waals surface area contributed by atoms with E-state index >= 15 is 0 Å². The van der Waals surface area contributed by atoms with Gasteiger partial charge in [0.05, 0.1) is 0 Å². The summed E-state index contributed by atoms with van der Waals surface area (Å²) < 4.78 is 0. The molecule has 1 aromatic carbocycles. The first-order valence-electron chi connectivity index (χ1n) is 5.27. The average Bonchev–Trinajstić information content (AvgIpc) is 2.16. The lowest BCUT2D eigenvalue weighted by molar-refractivity contribution is 0.729. The Morgan fingerprint density at radius 2 is 1.43 bits per heavy atom. The minimum absolute atomic E-state index is 0.530. The lowest BCUT2D eigenvalue weighted by Gasteiger charge is -2.20. The van der Waals surface area contributed by atoms with Gasteiger partial charge in [0.15, 0.2) is 0 Å². The van der Waals surface area contributed by atoms with Crippen LogP contribution >= 0.6 is 15.9 Å². The minimum atomic E-state index is 0.530. The summed E-state index contributed by atoms with van der Waals surface area (Å²) in [4.78, 5) is 0.530. The molecule has 0 fully saturated rings. The molecule has 0 bridgehead atoms. The summed E-state index contributed by atoms with van der Waals surface area (Å²) in [6.45, 7) is 9.00. The molecule has 0 spiro atoms. The Balaban J connectivity index is 3.06. The predicted molar refractivity (Wildman–Crippen MR) is 67.3 cm³/mol. The van der Waals surface area contributed by atoms with Gasteiger partial charge in [0, 0.05) is 4.83 Å². The van der Waals surface area contributed by atoms with E-state index in [1.807, 2.05) is 0 Å². The second-order valence-electron chi connectivity index (χ2n) is 4.25. The van der Waals surface area contributed by atoms with E-state index < -0.39 is 0 Å². The van der Waals surface area contributed by atoms with Gasteiger partial charge in [-0.25, -0.2) is 0 Å². The average molecular weight is 255 g/mol. The van der Waals surface area contributed by atoms with Gasteiger partial charge in [-0.05, 0) is 23.0 Å². The summed E-state index contributed by atoms with van der Waals surface area (Å²) >= 11 is 3.66. The molecule has 0 heterocycles. The quantitative estimate of drug-likeness (QED) is 0.687. The summed E-state index contributed by atoms with van der Waals surface area (Å²) in [5.74, 6) is 1.19. The topological polar surface area (TPSA) is 0 Å². The number of hydrogen-bond acceptors (Lipinski definition) is 0. The van der Waals surface area contributed by atoms with Crippen molar-refractivity contribution in [3.63, 3.8) is 0 Å². The van der Waals surface area contributed by atoms with Crippen molar-refractivity contribution in [2.75, 3.05) is 0 Å². The highest BCUT2D eigenvalue weighted by Gasteiger charge is 2.15. The molecule has 1 heteroatoms. The van der Waals surface area contributed by atoms with E-state index in [1.54, 1.807) is 0 Å². The first kappa shape index (κ1) is 11.8. The molecule has 0 aliphatic heterocycles. The summed E-state index contributed by atoms with van der Waals surface area (Å²) in [5.41, 5.74) is 2.96. The first-order valence-corrected chi connectivity index (χ1v) is 6.18. The van der Waals surface area contributed by atoms with Gasteiger partial charge in [0.2, 0.25) is 0 Å². The third-order valence-electron chi connectivity index (χ3n) is 2.80. The van der Waals surface area contributed by atoms with Crippen LogP contribution in [-0.4, -0.2) is 4.83 Å². The maximum Gasteiger partial charge on any atom is 0.0183 e. The Morgan fingerprint density at radius 1 is 0.929 bits per heavy atom. The van der Waals surface area contributed by atoms with Gasteiger partial charge in [0.25, 0.3) is 0 Å². The molecule has 0 radical (unpaired) electrons. The molecule has 78 valence electrons. The molecule has 0 N–H and O–H groups in total. The van der Waals surface area contributed by atoms with Crippen LogP contribution in [0.5, 0.6) is 0 Å². The van der Waals surface area contributed by atoms with Crippen molar-refractivity contribution in [2.45, 2.75) is 44.4 Å². The second-order valence-corrected chi connectivity index (χ2v) is 5.69. The molecule has 0 amide bonds. The van der Waals surface area contributed by atoms with Gasteiger partial charge in [-0.1, -0.05) is 67.9 Å². The predicted octanol–water partition coefficient (Wildman–Crippen LogP) is 4.70. The van der Waals surface area contributed by atoms with Crippen LogP contribution in [-0.2, 0) is 0 Å². The highest BCUT2D eigenvalue weighted by molar-refractivity contribution is 9.09. The van der Waals surface area contributed by atoms with Crippen LogP contribution < -0.4 is 0 Å². The van der Waals surface area contributed by atoms with E-state index in [1.165, 1.54) is 11.1 Å². The summed E-state index contributed by atoms with van der Waals surface area (Å²) in [6, 6.07) is 8.75. The van der Waals surface area contributed by atoms with Crippen molar-refractivity contribution >= 4 is 15.9 Å². The number of benzene rings is 1. The second kappa shape index (κ2) is 4.97. The normalized spacial score (nSPS) is 15.6. The van der Waals surface area contributed by atoms with Crippen LogP contribution in [0.1, 0.15) is 50.7 Å². The molecule has 1 rings (SSSR count). The first-order chi connectivity index (χ1) is 6.54. The van der Waals surface area contributed by atoms with Gasteiger partial charge in [-0.2, -0.15) is 0 Å². The van der Waals surface area contributed by atoms with Crippen LogP contribution in [0, 0.1) is 0 Å². The van der Waals surface area contributed by atoms with Crippen molar-refractivity contribution in [3.8, 4) is 0 Å². The monoisotopic (exact) mass is 254 g/mol. The molecule has 0 aliphatic rings. The fraction of sp³-hybridized carbons (Fsp3) is 0.538. The van der Waals surface area contributed by atoms with Crippen LogP contribution in [0.3, 0.4) is 0 Å². The van der Waals surface area contributed by atoms with Crippen LogP contribution in [0.2, 0.25) is 0 Å². The van der Waals surface area contributed by atoms with Gasteiger partial charge in [0.1, 0.15) is 0 Å². The number of rotatable bonds is 3. The van der Waals surface area contributed by atoms with E-state index in [2.05, 4.69) is 67.9 Å². The fourth-order valence-electron chi connectivity index (χ4n) is 1.70. The molecule has 1 aromatic rings. The van der Waals surface area contributed by atoms with E-state index in [0.29, 0.717) is 16.7 Å². The van der Waals surface area contributed by atoms with Crippen molar-refractivity contribution < 1.29 is 0 Å². The smallest absolute Gasteiger partial charge is 0.0183 e. The molecule has 2 atom stereocenters. The van der Waals surface area contributed by atoms with E-state index in [4.69, 9.17) is 0 Å². The zero-order valence-electron chi connectivity index (χ0n) is 9.42. The molecule has 0 saturated heterocycles. The van der Waals surface area contributed by atoms with Crippen molar-refractivity contribution in [3.05, 3.63) is 35.4 Å². The van der Waals surface area contributed by atoms with Crippen LogP contribution in [0.15, 0.2) is 24.3 Å². The highest BCUT2D eigenvalue weighted by atomic mass is 79.9. The van der Waals surface area contributed by atoms with Gasteiger partial charge in [-0.15, -0.1) is 0 Å².